The average molecular weight is 440 g/mol. The molecule has 4 aliphatic carbocycles. The number of rotatable bonds is 7. The summed E-state index contributed by atoms with van der Waals surface area (Å²) in [5.41, 5.74) is 2.72. The standard InChI is InChI=1S/C24H33N5O3/c1-16-21(32-18-7-5-4-6-8-18)13-25-22(27-16)19-12-26-29(3)20(19)14-31-23(30)28(2)15-24-9-17(10-24)11-24/h12-13,17-18H,4-11,14-15H2,1-3H3. The predicted molar refractivity (Wildman–Crippen MR) is 119 cm³/mol. The molecule has 2 aromatic rings. The summed E-state index contributed by atoms with van der Waals surface area (Å²) in [6.07, 6.45) is 13.1. The van der Waals surface area contributed by atoms with E-state index in [0.717, 1.165) is 48.0 Å². The van der Waals surface area contributed by atoms with Crippen molar-refractivity contribution >= 4 is 6.09 Å². The van der Waals surface area contributed by atoms with Gasteiger partial charge in [-0.1, -0.05) is 6.42 Å². The molecule has 0 saturated heterocycles. The number of hydrogen-bond donors (Lipinski definition) is 0. The first kappa shape index (κ1) is 21.2. The summed E-state index contributed by atoms with van der Waals surface area (Å²) in [5.74, 6) is 2.21. The number of ether oxygens (including phenoxy) is 2. The number of carbonyl (C=O) groups excluding carboxylic acids is 1. The van der Waals surface area contributed by atoms with Crippen molar-refractivity contribution in [2.45, 2.75) is 71.0 Å². The summed E-state index contributed by atoms with van der Waals surface area (Å²) in [4.78, 5) is 23.5. The van der Waals surface area contributed by atoms with Crippen LogP contribution in [0.4, 0.5) is 4.79 Å². The Hall–Kier alpha value is -2.64. The molecule has 2 heterocycles. The van der Waals surface area contributed by atoms with Crippen LogP contribution in [0.1, 0.15) is 62.8 Å². The Morgan fingerprint density at radius 2 is 1.97 bits per heavy atom. The molecule has 0 aliphatic heterocycles. The van der Waals surface area contributed by atoms with Crippen LogP contribution in [0, 0.1) is 18.3 Å². The van der Waals surface area contributed by atoms with E-state index in [2.05, 4.69) is 15.1 Å². The monoisotopic (exact) mass is 439 g/mol. The molecule has 2 bridgehead atoms. The van der Waals surface area contributed by atoms with Gasteiger partial charge in [-0.3, -0.25) is 4.68 Å². The molecule has 0 atom stereocenters. The number of aromatic nitrogens is 4. The second kappa shape index (κ2) is 8.37. The first-order valence-corrected chi connectivity index (χ1v) is 11.8. The van der Waals surface area contributed by atoms with Gasteiger partial charge < -0.3 is 14.4 Å². The number of hydrogen-bond acceptors (Lipinski definition) is 6. The van der Waals surface area contributed by atoms with Crippen LogP contribution in [0.15, 0.2) is 12.4 Å². The van der Waals surface area contributed by atoms with Gasteiger partial charge in [-0.2, -0.15) is 5.10 Å². The summed E-state index contributed by atoms with van der Waals surface area (Å²) in [6.45, 7) is 2.86. The van der Waals surface area contributed by atoms with E-state index in [4.69, 9.17) is 9.47 Å². The van der Waals surface area contributed by atoms with Crippen LogP contribution in [-0.4, -0.2) is 50.4 Å². The Morgan fingerprint density at radius 3 is 2.62 bits per heavy atom. The molecular weight excluding hydrogens is 406 g/mol. The second-order valence-electron chi connectivity index (χ2n) is 10.0. The molecule has 4 saturated carbocycles. The number of aryl methyl sites for hydroxylation is 2. The normalized spacial score (nSPS) is 24.4. The third kappa shape index (κ3) is 4.07. The van der Waals surface area contributed by atoms with E-state index in [1.807, 2.05) is 21.0 Å². The first-order chi connectivity index (χ1) is 15.4. The lowest BCUT2D eigenvalue weighted by atomic mass is 9.44. The van der Waals surface area contributed by atoms with Gasteiger partial charge in [0, 0.05) is 20.6 Å². The van der Waals surface area contributed by atoms with Crippen molar-refractivity contribution in [3.63, 3.8) is 0 Å². The van der Waals surface area contributed by atoms with Gasteiger partial charge in [-0.25, -0.2) is 14.8 Å². The molecule has 4 aliphatic rings. The lowest BCUT2D eigenvalue weighted by molar-refractivity contribution is -0.118. The van der Waals surface area contributed by atoms with E-state index in [1.54, 1.807) is 22.0 Å². The Bertz CT molecular complexity index is 980. The zero-order valence-electron chi connectivity index (χ0n) is 19.3. The Balaban J connectivity index is 1.23. The highest BCUT2D eigenvalue weighted by Crippen LogP contribution is 2.64. The lowest BCUT2D eigenvalue weighted by Crippen LogP contribution is -2.57. The van der Waals surface area contributed by atoms with Gasteiger partial charge in [0.15, 0.2) is 11.6 Å². The molecule has 2 aromatic heterocycles. The zero-order valence-corrected chi connectivity index (χ0v) is 19.3. The van der Waals surface area contributed by atoms with Gasteiger partial charge in [-0.05, 0) is 63.2 Å². The van der Waals surface area contributed by atoms with Crippen molar-refractivity contribution < 1.29 is 14.3 Å². The molecule has 172 valence electrons. The predicted octanol–water partition coefficient (Wildman–Crippen LogP) is 4.27. The third-order valence-electron chi connectivity index (χ3n) is 7.46. The van der Waals surface area contributed by atoms with Crippen molar-refractivity contribution in [2.75, 3.05) is 13.6 Å². The highest BCUT2D eigenvalue weighted by molar-refractivity contribution is 5.68. The third-order valence-corrected chi connectivity index (χ3v) is 7.46. The summed E-state index contributed by atoms with van der Waals surface area (Å²) in [7, 11) is 3.66. The smallest absolute Gasteiger partial charge is 0.409 e. The minimum atomic E-state index is -0.296. The maximum absolute atomic E-state index is 12.5. The van der Waals surface area contributed by atoms with Gasteiger partial charge in [-0.15, -0.1) is 0 Å². The first-order valence-electron chi connectivity index (χ1n) is 11.8. The van der Waals surface area contributed by atoms with Crippen molar-refractivity contribution in [3.05, 3.63) is 23.8 Å². The molecule has 6 rings (SSSR count). The molecule has 0 N–H and O–H groups in total. The van der Waals surface area contributed by atoms with Crippen LogP contribution < -0.4 is 4.74 Å². The second-order valence-corrected chi connectivity index (χ2v) is 10.0. The van der Waals surface area contributed by atoms with Crippen LogP contribution in [-0.2, 0) is 18.4 Å². The van der Waals surface area contributed by atoms with E-state index in [9.17, 15) is 4.79 Å². The topological polar surface area (TPSA) is 82.4 Å². The molecule has 1 amide bonds. The number of carbonyl (C=O) groups is 1. The van der Waals surface area contributed by atoms with E-state index < -0.39 is 0 Å². The minimum Gasteiger partial charge on any atom is -0.487 e. The highest BCUT2D eigenvalue weighted by atomic mass is 16.6. The van der Waals surface area contributed by atoms with Crippen molar-refractivity contribution in [3.8, 4) is 17.1 Å². The molecule has 8 heteroatoms. The maximum Gasteiger partial charge on any atom is 0.409 e. The van der Waals surface area contributed by atoms with Gasteiger partial charge in [0.05, 0.1) is 35.4 Å². The number of nitrogens with zero attached hydrogens (tertiary/aromatic N) is 5. The molecule has 32 heavy (non-hydrogen) atoms. The lowest BCUT2D eigenvalue weighted by Gasteiger charge is -2.62. The quantitative estimate of drug-likeness (QED) is 0.641. The summed E-state index contributed by atoms with van der Waals surface area (Å²) >= 11 is 0. The Labute approximate surface area is 189 Å². The van der Waals surface area contributed by atoms with Crippen LogP contribution in [0.5, 0.6) is 5.75 Å². The molecule has 0 radical (unpaired) electrons. The minimum absolute atomic E-state index is 0.132. The van der Waals surface area contributed by atoms with Crippen molar-refractivity contribution in [1.29, 1.82) is 0 Å². The van der Waals surface area contributed by atoms with E-state index in [-0.39, 0.29) is 18.8 Å². The Kier molecular flexibility index (Phi) is 5.55. The summed E-state index contributed by atoms with van der Waals surface area (Å²) in [6, 6.07) is 0. The fraction of sp³-hybridized carbons (Fsp3) is 0.667. The molecular formula is C24H33N5O3. The Morgan fingerprint density at radius 1 is 1.22 bits per heavy atom. The van der Waals surface area contributed by atoms with Crippen molar-refractivity contribution in [1.82, 2.24) is 24.6 Å². The van der Waals surface area contributed by atoms with Crippen LogP contribution in [0.3, 0.4) is 0 Å². The average Bonchev–Trinajstić information content (AvgIpc) is 3.10. The summed E-state index contributed by atoms with van der Waals surface area (Å²) < 4.78 is 13.5. The van der Waals surface area contributed by atoms with E-state index in [0.29, 0.717) is 11.2 Å². The largest absolute Gasteiger partial charge is 0.487 e. The molecule has 0 unspecified atom stereocenters. The zero-order chi connectivity index (χ0) is 22.3. The molecule has 0 spiro atoms. The van der Waals surface area contributed by atoms with Gasteiger partial charge >= 0.3 is 6.09 Å². The summed E-state index contributed by atoms with van der Waals surface area (Å²) in [5, 5.41) is 4.35. The highest BCUT2D eigenvalue weighted by Gasteiger charge is 2.57. The SMILES string of the molecule is Cc1nc(-c2cnn(C)c2COC(=O)N(C)CC23CC(C2)C3)ncc1OC1CCCCC1. The van der Waals surface area contributed by atoms with Crippen LogP contribution in [0.25, 0.3) is 11.4 Å². The fourth-order valence-electron chi connectivity index (χ4n) is 5.54. The van der Waals surface area contributed by atoms with Gasteiger partial charge in [0.25, 0.3) is 0 Å². The van der Waals surface area contributed by atoms with Crippen LogP contribution in [0.2, 0.25) is 0 Å². The molecule has 0 aromatic carbocycles. The number of amides is 1. The molecule has 4 fully saturated rings. The van der Waals surface area contributed by atoms with E-state index >= 15 is 0 Å². The maximum atomic E-state index is 12.5. The van der Waals surface area contributed by atoms with Gasteiger partial charge in [0.1, 0.15) is 6.61 Å². The van der Waals surface area contributed by atoms with E-state index in [1.165, 1.54) is 38.5 Å². The van der Waals surface area contributed by atoms with Crippen LogP contribution >= 0.6 is 0 Å². The fourth-order valence-corrected chi connectivity index (χ4v) is 5.54. The van der Waals surface area contributed by atoms with Crippen molar-refractivity contribution in [2.24, 2.45) is 18.4 Å². The molecule has 8 nitrogen and oxygen atoms in total. The van der Waals surface area contributed by atoms with Gasteiger partial charge in [0.2, 0.25) is 0 Å².